The second-order valence-electron chi connectivity index (χ2n) is 13.4. The first-order chi connectivity index (χ1) is 13.5. The molecule has 5 rings (SSSR count). The number of hydrogen-bond donors (Lipinski definition) is 0. The van der Waals surface area contributed by atoms with Gasteiger partial charge in [-0.25, -0.2) is 0 Å². The van der Waals surface area contributed by atoms with Crippen LogP contribution in [0.1, 0.15) is 112 Å². The van der Waals surface area contributed by atoms with Gasteiger partial charge < -0.3 is 4.74 Å². The highest BCUT2D eigenvalue weighted by Crippen LogP contribution is 2.76. The quantitative estimate of drug-likeness (QED) is 0.437. The molecule has 0 aromatic rings. The van der Waals surface area contributed by atoms with Crippen molar-refractivity contribution in [1.29, 1.82) is 0 Å². The van der Waals surface area contributed by atoms with E-state index in [2.05, 4.69) is 41.5 Å². The molecule has 5 aliphatic rings. The molecule has 0 spiro atoms. The lowest BCUT2D eigenvalue weighted by Crippen LogP contribution is -2.62. The van der Waals surface area contributed by atoms with Crippen LogP contribution in [-0.4, -0.2) is 11.6 Å². The molecule has 1 saturated heterocycles. The summed E-state index contributed by atoms with van der Waals surface area (Å²) in [5.41, 5.74) is 1.69. The van der Waals surface area contributed by atoms with Gasteiger partial charge in [0.1, 0.15) is 5.60 Å². The van der Waals surface area contributed by atoms with E-state index in [1.165, 1.54) is 57.8 Å². The number of esters is 1. The van der Waals surface area contributed by atoms with Crippen LogP contribution in [0.2, 0.25) is 0 Å². The van der Waals surface area contributed by atoms with Crippen molar-refractivity contribution in [2.75, 3.05) is 0 Å². The van der Waals surface area contributed by atoms with E-state index >= 15 is 0 Å². The predicted molar refractivity (Wildman–Crippen MR) is 117 cm³/mol. The summed E-state index contributed by atoms with van der Waals surface area (Å²) < 4.78 is 5.99. The molecule has 0 amide bonds. The Morgan fingerprint density at radius 2 is 1.45 bits per heavy atom. The van der Waals surface area contributed by atoms with Gasteiger partial charge in [-0.3, -0.25) is 4.79 Å². The average Bonchev–Trinajstić information content (AvgIpc) is 3.15. The summed E-state index contributed by atoms with van der Waals surface area (Å²) in [7, 11) is 0. The van der Waals surface area contributed by atoms with E-state index in [-0.39, 0.29) is 11.6 Å². The minimum atomic E-state index is -0.198. The lowest BCUT2D eigenvalue weighted by atomic mass is 9.35. The maximum atomic E-state index is 12.0. The molecule has 164 valence electrons. The summed E-state index contributed by atoms with van der Waals surface area (Å²) in [4.78, 5) is 12.0. The topological polar surface area (TPSA) is 26.3 Å². The van der Waals surface area contributed by atoms with Gasteiger partial charge in [0, 0.05) is 12.3 Å². The van der Waals surface area contributed by atoms with Crippen molar-refractivity contribution in [2.45, 2.75) is 118 Å². The normalized spacial score (nSPS) is 56.3. The fourth-order valence-corrected chi connectivity index (χ4v) is 10.5. The van der Waals surface area contributed by atoms with E-state index < -0.39 is 0 Å². The molecule has 1 aliphatic heterocycles. The zero-order valence-electron chi connectivity index (χ0n) is 19.9. The summed E-state index contributed by atoms with van der Waals surface area (Å²) in [6, 6.07) is 0. The SMILES string of the molecule is CC1(C)CCC[C@]2(C)[C@H]3CC[C@@H]4[C@@H]([C@]5(C)CCC(=O)O5)CC[C@@]4(C)[C@]3(C)CC[C@@H]12. The number of hydrogen-bond acceptors (Lipinski definition) is 2. The van der Waals surface area contributed by atoms with Crippen LogP contribution in [0, 0.1) is 45.3 Å². The molecule has 0 aromatic carbocycles. The van der Waals surface area contributed by atoms with Gasteiger partial charge >= 0.3 is 5.97 Å². The second kappa shape index (κ2) is 6.04. The largest absolute Gasteiger partial charge is 0.459 e. The van der Waals surface area contributed by atoms with E-state index in [1.807, 2.05) is 0 Å². The summed E-state index contributed by atoms with van der Waals surface area (Å²) >= 11 is 0. The molecule has 0 unspecified atom stereocenters. The van der Waals surface area contributed by atoms with Gasteiger partial charge in [-0.1, -0.05) is 41.0 Å². The van der Waals surface area contributed by atoms with E-state index in [1.54, 1.807) is 0 Å². The molecule has 0 N–H and O–H groups in total. The molecule has 8 atom stereocenters. The summed E-state index contributed by atoms with van der Waals surface area (Å²) in [5.74, 6) is 3.11. The van der Waals surface area contributed by atoms with Crippen molar-refractivity contribution in [3.05, 3.63) is 0 Å². The Balaban J connectivity index is 1.49. The first-order valence-electron chi connectivity index (χ1n) is 12.7. The number of carbonyl (C=O) groups excluding carboxylic acids is 1. The third-order valence-electron chi connectivity index (χ3n) is 12.1. The summed E-state index contributed by atoms with van der Waals surface area (Å²) in [6.07, 6.45) is 14.1. The van der Waals surface area contributed by atoms with Gasteiger partial charge in [-0.2, -0.15) is 0 Å². The third-order valence-corrected chi connectivity index (χ3v) is 12.1. The fourth-order valence-electron chi connectivity index (χ4n) is 10.5. The van der Waals surface area contributed by atoms with Gasteiger partial charge in [-0.15, -0.1) is 0 Å². The smallest absolute Gasteiger partial charge is 0.306 e. The van der Waals surface area contributed by atoms with E-state index in [9.17, 15) is 4.79 Å². The summed E-state index contributed by atoms with van der Waals surface area (Å²) in [5, 5.41) is 0. The van der Waals surface area contributed by atoms with Gasteiger partial charge in [0.05, 0.1) is 0 Å². The summed E-state index contributed by atoms with van der Waals surface area (Å²) in [6.45, 7) is 15.4. The third kappa shape index (κ3) is 2.50. The zero-order valence-corrected chi connectivity index (χ0v) is 19.9. The Hall–Kier alpha value is -0.530. The first kappa shape index (κ1) is 20.4. The van der Waals surface area contributed by atoms with Crippen LogP contribution in [0.4, 0.5) is 0 Å². The minimum absolute atomic E-state index is 0.0402. The number of rotatable bonds is 1. The molecule has 5 fully saturated rings. The van der Waals surface area contributed by atoms with E-state index in [0.717, 1.165) is 24.2 Å². The van der Waals surface area contributed by atoms with Crippen molar-refractivity contribution in [3.63, 3.8) is 0 Å². The van der Waals surface area contributed by atoms with Crippen LogP contribution in [0.5, 0.6) is 0 Å². The number of fused-ring (bicyclic) bond motifs is 5. The van der Waals surface area contributed by atoms with Crippen molar-refractivity contribution in [2.24, 2.45) is 45.3 Å². The molecule has 2 nitrogen and oxygen atoms in total. The van der Waals surface area contributed by atoms with Gasteiger partial charge in [0.15, 0.2) is 0 Å². The predicted octanol–water partition coefficient (Wildman–Crippen LogP) is 7.16. The molecule has 0 aromatic heterocycles. The molecular formula is C27H44O2. The Morgan fingerprint density at radius 3 is 2.14 bits per heavy atom. The molecule has 0 radical (unpaired) electrons. The van der Waals surface area contributed by atoms with Crippen LogP contribution < -0.4 is 0 Å². The molecule has 4 aliphatic carbocycles. The molecule has 0 bridgehead atoms. The average molecular weight is 401 g/mol. The van der Waals surface area contributed by atoms with Crippen LogP contribution in [0.15, 0.2) is 0 Å². The zero-order chi connectivity index (χ0) is 20.9. The van der Waals surface area contributed by atoms with Crippen LogP contribution in [-0.2, 0) is 9.53 Å². The van der Waals surface area contributed by atoms with Gasteiger partial charge in [-0.05, 0) is 104 Å². The lowest BCUT2D eigenvalue weighted by Gasteiger charge is -2.69. The second-order valence-corrected chi connectivity index (χ2v) is 13.4. The highest BCUT2D eigenvalue weighted by Gasteiger charge is 2.69. The number of ether oxygens (including phenoxy) is 1. The standard InChI is InChI=1S/C27H44O2/c1-23(2)13-7-14-24(3)20(23)11-16-26(5)21(24)9-8-18-19(10-15-25(18,26)4)27(6)17-12-22(28)29-27/h18-21H,7-17H2,1-6H3/t18-,19+,20+,21-,24+,25-,26-,27+/m1/s1. The van der Waals surface area contributed by atoms with E-state index in [4.69, 9.17) is 4.74 Å². The Bertz CT molecular complexity index is 711. The van der Waals surface area contributed by atoms with Crippen molar-refractivity contribution >= 4 is 5.97 Å². The van der Waals surface area contributed by atoms with Crippen molar-refractivity contribution in [1.82, 2.24) is 0 Å². The van der Waals surface area contributed by atoms with Crippen LogP contribution in [0.25, 0.3) is 0 Å². The Labute approximate surface area is 178 Å². The van der Waals surface area contributed by atoms with Crippen molar-refractivity contribution < 1.29 is 9.53 Å². The minimum Gasteiger partial charge on any atom is -0.459 e. The highest BCUT2D eigenvalue weighted by atomic mass is 16.6. The van der Waals surface area contributed by atoms with Gasteiger partial charge in [0.25, 0.3) is 0 Å². The number of carbonyl (C=O) groups is 1. The Kier molecular flexibility index (Phi) is 4.24. The molecule has 4 saturated carbocycles. The maximum absolute atomic E-state index is 12.0. The molecule has 2 heteroatoms. The monoisotopic (exact) mass is 400 g/mol. The van der Waals surface area contributed by atoms with E-state index in [0.29, 0.717) is 34.0 Å². The van der Waals surface area contributed by atoms with Crippen molar-refractivity contribution in [3.8, 4) is 0 Å². The molecule has 1 heterocycles. The fraction of sp³-hybridized carbons (Fsp3) is 0.963. The first-order valence-corrected chi connectivity index (χ1v) is 12.7. The van der Waals surface area contributed by atoms with Crippen LogP contribution in [0.3, 0.4) is 0 Å². The molecule has 29 heavy (non-hydrogen) atoms. The number of cyclic esters (lactones) is 1. The molecular weight excluding hydrogens is 356 g/mol. The maximum Gasteiger partial charge on any atom is 0.306 e. The van der Waals surface area contributed by atoms with Crippen LogP contribution >= 0.6 is 0 Å². The van der Waals surface area contributed by atoms with Gasteiger partial charge in [0.2, 0.25) is 0 Å². The Morgan fingerprint density at radius 1 is 0.724 bits per heavy atom. The lowest BCUT2D eigenvalue weighted by molar-refractivity contribution is -0.208. The highest BCUT2D eigenvalue weighted by molar-refractivity contribution is 5.72.